The summed E-state index contributed by atoms with van der Waals surface area (Å²) in [6, 6.07) is 13.7. The van der Waals surface area contributed by atoms with Crippen molar-refractivity contribution in [3.63, 3.8) is 0 Å². The molecule has 5 heterocycles. The molecule has 7 amide bonds. The number of ether oxygens (including phenoxy) is 2. The van der Waals surface area contributed by atoms with Crippen molar-refractivity contribution in [1.82, 2.24) is 30.0 Å². The fourth-order valence-electron chi connectivity index (χ4n) is 6.91. The third-order valence-corrected chi connectivity index (χ3v) is 10.3. The van der Waals surface area contributed by atoms with E-state index in [-0.39, 0.29) is 79.9 Å². The molecule has 3 aliphatic rings. The van der Waals surface area contributed by atoms with Gasteiger partial charge in [-0.2, -0.15) is 5.10 Å². The molecule has 324 valence electrons. The maximum atomic E-state index is 13.2. The van der Waals surface area contributed by atoms with E-state index in [0.717, 1.165) is 11.4 Å². The van der Waals surface area contributed by atoms with Gasteiger partial charge in [0.05, 0.1) is 48.5 Å². The molecule has 0 spiro atoms. The first-order valence-corrected chi connectivity index (χ1v) is 20.0. The largest absolute Gasteiger partial charge is 0.444 e. The number of anilines is 4. The molecular weight excluding hydrogens is 819 g/mol. The number of amides is 7. The van der Waals surface area contributed by atoms with Gasteiger partial charge in [0.25, 0.3) is 23.6 Å². The second-order valence-corrected chi connectivity index (χ2v) is 14.8. The molecule has 0 bridgehead atoms. The third-order valence-electron chi connectivity index (χ3n) is 10.3. The molecule has 1 aliphatic carbocycles. The number of nitrogens with one attached hydrogen (secondary N) is 5. The van der Waals surface area contributed by atoms with Gasteiger partial charge in [-0.3, -0.25) is 43.8 Å². The van der Waals surface area contributed by atoms with E-state index in [1.165, 1.54) is 36.0 Å². The van der Waals surface area contributed by atoms with Gasteiger partial charge >= 0.3 is 0 Å². The summed E-state index contributed by atoms with van der Waals surface area (Å²) < 4.78 is 17.9. The Morgan fingerprint density at radius 2 is 1.71 bits per heavy atom. The first-order chi connectivity index (χ1) is 30.5. The minimum absolute atomic E-state index is 0.0276. The number of nitrogens with zero attached hydrogens (tertiary/aromatic N) is 5. The Morgan fingerprint density at radius 3 is 2.49 bits per heavy atom. The van der Waals surface area contributed by atoms with E-state index in [9.17, 15) is 33.6 Å². The number of benzene rings is 2. The number of primary amides is 1. The van der Waals surface area contributed by atoms with Crippen LogP contribution in [0.15, 0.2) is 77.7 Å². The minimum Gasteiger partial charge on any atom is -0.444 e. The summed E-state index contributed by atoms with van der Waals surface area (Å²) in [5.41, 5.74) is 7.72. The monoisotopic (exact) mass is 859 g/mol. The summed E-state index contributed by atoms with van der Waals surface area (Å²) in [6.45, 7) is 1.35. The van der Waals surface area contributed by atoms with Crippen LogP contribution in [0.5, 0.6) is 0 Å². The van der Waals surface area contributed by atoms with Crippen molar-refractivity contribution in [2.45, 2.75) is 31.7 Å². The first-order valence-electron chi connectivity index (χ1n) is 20.0. The number of fused-ring (bicyclic) bond motifs is 1. The molecule has 8 rings (SSSR count). The number of piperidine rings is 1. The summed E-state index contributed by atoms with van der Waals surface area (Å²) in [4.78, 5) is 97.7. The van der Waals surface area contributed by atoms with Crippen molar-refractivity contribution >= 4 is 64.2 Å². The van der Waals surface area contributed by atoms with Crippen LogP contribution in [0.25, 0.3) is 17.1 Å². The highest BCUT2D eigenvalue weighted by Crippen LogP contribution is 2.33. The number of carbonyl (C=O) groups excluding carboxylic acids is 7. The molecule has 21 nitrogen and oxygen atoms in total. The maximum Gasteiger partial charge on any atom is 0.277 e. The zero-order valence-corrected chi connectivity index (χ0v) is 33.5. The van der Waals surface area contributed by atoms with Gasteiger partial charge in [-0.05, 0) is 73.7 Å². The molecule has 2 aromatic carbocycles. The third kappa shape index (κ3) is 9.74. The van der Waals surface area contributed by atoms with Crippen LogP contribution in [0.1, 0.15) is 67.4 Å². The van der Waals surface area contributed by atoms with Gasteiger partial charge < -0.3 is 40.9 Å². The fourth-order valence-corrected chi connectivity index (χ4v) is 6.91. The molecule has 5 aromatic rings. The molecule has 0 radical (unpaired) electrons. The summed E-state index contributed by atoms with van der Waals surface area (Å²) >= 11 is 0. The molecule has 1 saturated heterocycles. The van der Waals surface area contributed by atoms with Gasteiger partial charge in [0.1, 0.15) is 24.7 Å². The van der Waals surface area contributed by atoms with Gasteiger partial charge in [-0.25, -0.2) is 14.6 Å². The van der Waals surface area contributed by atoms with Gasteiger partial charge in [0.2, 0.25) is 23.6 Å². The molecule has 7 N–H and O–H groups in total. The second-order valence-electron chi connectivity index (χ2n) is 14.8. The lowest BCUT2D eigenvalue weighted by Gasteiger charge is -2.27. The molecule has 1 atom stereocenters. The zero-order chi connectivity index (χ0) is 44.0. The van der Waals surface area contributed by atoms with Crippen molar-refractivity contribution in [1.29, 1.82) is 0 Å². The topological polar surface area (TPSA) is 284 Å². The first kappa shape index (κ1) is 41.9. The molecule has 21 heteroatoms. The molecule has 63 heavy (non-hydrogen) atoms. The number of nitrogens with two attached hydrogens (primary N) is 1. The molecule has 2 fully saturated rings. The van der Waals surface area contributed by atoms with Gasteiger partial charge in [0.15, 0.2) is 11.4 Å². The smallest absolute Gasteiger partial charge is 0.277 e. The van der Waals surface area contributed by atoms with E-state index in [0.29, 0.717) is 34.4 Å². The quantitative estimate of drug-likeness (QED) is 0.0514. The van der Waals surface area contributed by atoms with Crippen molar-refractivity contribution < 1.29 is 47.5 Å². The van der Waals surface area contributed by atoms with Crippen LogP contribution < -0.4 is 32.3 Å². The highest BCUT2D eigenvalue weighted by Gasteiger charge is 2.45. The molecule has 3 aromatic heterocycles. The standard InChI is InChI=1S/C42H41N11O10/c43-37(56)36-29(48-38(57)30-21-63-40(49-30)24-12-13-45-32(18-24)46-19-23-4-5-23)20-52(51-36)26-8-6-25(7-9-26)47-34(55)22-62-17-16-61-15-14-44-28-3-1-2-27-35(28)42(60)53(41(27)59)31-10-11-33(54)50-39(31)58/h1-3,6-9,12-13,18,20-21,23,31,44H,4-5,10-11,14-17,19,22H2,(H2,43,56)(H,45,46)(H,47,55)(H,48,57)(H,50,54,58). The summed E-state index contributed by atoms with van der Waals surface area (Å²) in [5, 5.41) is 18.2. The highest BCUT2D eigenvalue weighted by atomic mass is 16.5. The van der Waals surface area contributed by atoms with E-state index in [1.54, 1.807) is 54.7 Å². The Balaban J connectivity index is 0.760. The van der Waals surface area contributed by atoms with Crippen LogP contribution in [-0.4, -0.2) is 112 Å². The number of aromatic nitrogens is 4. The van der Waals surface area contributed by atoms with Crippen LogP contribution in [-0.2, 0) is 23.9 Å². The normalized spacial score (nSPS) is 15.8. The summed E-state index contributed by atoms with van der Waals surface area (Å²) in [6.07, 6.45) is 6.75. The number of imide groups is 2. The predicted molar refractivity (Wildman–Crippen MR) is 223 cm³/mol. The summed E-state index contributed by atoms with van der Waals surface area (Å²) in [5.74, 6) is -2.72. The van der Waals surface area contributed by atoms with Crippen molar-refractivity contribution in [3.8, 4) is 17.1 Å². The highest BCUT2D eigenvalue weighted by molar-refractivity contribution is 6.25. The van der Waals surface area contributed by atoms with E-state index in [2.05, 4.69) is 41.7 Å². The Bertz CT molecular complexity index is 2600. The van der Waals surface area contributed by atoms with E-state index in [1.807, 2.05) is 0 Å². The fraction of sp³-hybridized carbons (Fsp3) is 0.286. The van der Waals surface area contributed by atoms with Crippen LogP contribution in [0, 0.1) is 5.92 Å². The van der Waals surface area contributed by atoms with Crippen LogP contribution >= 0.6 is 0 Å². The van der Waals surface area contributed by atoms with Crippen molar-refractivity contribution in [2.75, 3.05) is 60.8 Å². The van der Waals surface area contributed by atoms with Crippen molar-refractivity contribution in [2.24, 2.45) is 11.7 Å². The Kier molecular flexibility index (Phi) is 12.3. The molecule has 1 unspecified atom stereocenters. The number of pyridine rings is 1. The lowest BCUT2D eigenvalue weighted by atomic mass is 10.0. The van der Waals surface area contributed by atoms with E-state index in [4.69, 9.17) is 19.6 Å². The number of rotatable bonds is 19. The average Bonchev–Trinajstić information content (AvgIpc) is 3.68. The SMILES string of the molecule is NC(=O)c1nn(-c2ccc(NC(=O)COCCOCCNc3cccc4c3C(=O)N(C3CCC(=O)NC3=O)C4=O)cc2)cc1NC(=O)c1coc(-c2ccnc(NCC3CC3)c2)n1. The summed E-state index contributed by atoms with van der Waals surface area (Å²) in [7, 11) is 0. The predicted octanol–water partition coefficient (Wildman–Crippen LogP) is 2.58. The molecule has 2 aliphatic heterocycles. The Morgan fingerprint density at radius 1 is 0.905 bits per heavy atom. The van der Waals surface area contributed by atoms with E-state index >= 15 is 0 Å². The number of hydrogen-bond donors (Lipinski definition) is 6. The Labute approximate surface area is 358 Å². The minimum atomic E-state index is -1.06. The van der Waals surface area contributed by atoms with Gasteiger partial charge in [-0.15, -0.1) is 0 Å². The van der Waals surface area contributed by atoms with Crippen molar-refractivity contribution in [3.05, 3.63) is 95.8 Å². The maximum absolute atomic E-state index is 13.2. The average molecular weight is 860 g/mol. The lowest BCUT2D eigenvalue weighted by Crippen LogP contribution is -2.54. The van der Waals surface area contributed by atoms with Crippen LogP contribution in [0.4, 0.5) is 22.9 Å². The van der Waals surface area contributed by atoms with Crippen LogP contribution in [0.2, 0.25) is 0 Å². The van der Waals surface area contributed by atoms with Crippen LogP contribution in [0.3, 0.4) is 0 Å². The van der Waals surface area contributed by atoms with Gasteiger partial charge in [-0.1, -0.05) is 6.07 Å². The lowest BCUT2D eigenvalue weighted by molar-refractivity contribution is -0.136. The molecular formula is C42H41N11O10. The molecule has 1 saturated carbocycles. The second kappa shape index (κ2) is 18.5. The number of oxazole rings is 1. The van der Waals surface area contributed by atoms with E-state index < -0.39 is 47.4 Å². The number of carbonyl (C=O) groups is 7. The van der Waals surface area contributed by atoms with Gasteiger partial charge in [0, 0.05) is 42.6 Å². The number of hydrogen-bond acceptors (Lipinski definition) is 15. The Hall–Kier alpha value is -7.78. The zero-order valence-electron chi connectivity index (χ0n) is 33.5.